The maximum atomic E-state index is 10.8. The number of nitrogens with two attached hydrogens (primary N) is 1. The Bertz CT molecular complexity index is 349. The zero-order valence-corrected chi connectivity index (χ0v) is 7.04. The second-order valence-corrected chi connectivity index (χ2v) is 2.85. The standard InChI is InChI=1S/C9H10N2O2/c10-9(12)6-1-2-8-7(5-6)11-3-4-13-8/h1-2,5,11H,3-4H2,(H2,10,12). The van der Waals surface area contributed by atoms with E-state index < -0.39 is 5.91 Å². The fourth-order valence-electron chi connectivity index (χ4n) is 1.29. The molecule has 68 valence electrons. The summed E-state index contributed by atoms with van der Waals surface area (Å²) in [6.45, 7) is 1.41. The van der Waals surface area contributed by atoms with Gasteiger partial charge in [0.25, 0.3) is 0 Å². The molecule has 0 fully saturated rings. The van der Waals surface area contributed by atoms with E-state index in [2.05, 4.69) is 5.32 Å². The van der Waals surface area contributed by atoms with E-state index in [1.807, 2.05) is 0 Å². The van der Waals surface area contributed by atoms with E-state index in [0.29, 0.717) is 12.2 Å². The highest BCUT2D eigenvalue weighted by molar-refractivity contribution is 5.94. The van der Waals surface area contributed by atoms with Crippen molar-refractivity contribution in [3.05, 3.63) is 23.8 Å². The number of primary amides is 1. The summed E-state index contributed by atoms with van der Waals surface area (Å²) in [6.07, 6.45) is 0. The Hall–Kier alpha value is -1.71. The van der Waals surface area contributed by atoms with Crippen LogP contribution in [0.4, 0.5) is 5.69 Å². The van der Waals surface area contributed by atoms with Crippen molar-refractivity contribution < 1.29 is 9.53 Å². The van der Waals surface area contributed by atoms with Gasteiger partial charge < -0.3 is 15.8 Å². The molecule has 0 bridgehead atoms. The number of hydrogen-bond acceptors (Lipinski definition) is 3. The molecule has 1 aliphatic heterocycles. The summed E-state index contributed by atoms with van der Waals surface area (Å²) >= 11 is 0. The minimum absolute atomic E-state index is 0.421. The molecular weight excluding hydrogens is 168 g/mol. The van der Waals surface area contributed by atoms with Gasteiger partial charge in [-0.2, -0.15) is 0 Å². The molecule has 4 nitrogen and oxygen atoms in total. The van der Waals surface area contributed by atoms with Crippen molar-refractivity contribution in [1.82, 2.24) is 0 Å². The summed E-state index contributed by atoms with van der Waals surface area (Å²) in [6, 6.07) is 5.12. The molecule has 0 atom stereocenters. The van der Waals surface area contributed by atoms with Gasteiger partial charge in [0.05, 0.1) is 5.69 Å². The third-order valence-electron chi connectivity index (χ3n) is 1.94. The Morgan fingerprint density at radius 1 is 1.54 bits per heavy atom. The third-order valence-corrected chi connectivity index (χ3v) is 1.94. The van der Waals surface area contributed by atoms with E-state index in [0.717, 1.165) is 18.0 Å². The van der Waals surface area contributed by atoms with Crippen LogP contribution in [-0.2, 0) is 0 Å². The molecule has 4 heteroatoms. The molecule has 3 N–H and O–H groups in total. The van der Waals surface area contributed by atoms with Crippen LogP contribution in [0.25, 0.3) is 0 Å². The lowest BCUT2D eigenvalue weighted by Crippen LogP contribution is -2.19. The summed E-state index contributed by atoms with van der Waals surface area (Å²) in [7, 11) is 0. The Balaban J connectivity index is 2.40. The second kappa shape index (κ2) is 2.97. The number of benzene rings is 1. The minimum atomic E-state index is -0.421. The van der Waals surface area contributed by atoms with E-state index in [-0.39, 0.29) is 0 Å². The number of anilines is 1. The van der Waals surface area contributed by atoms with Crippen LogP contribution in [0, 0.1) is 0 Å². The van der Waals surface area contributed by atoms with Gasteiger partial charge in [-0.1, -0.05) is 0 Å². The number of ether oxygens (including phenoxy) is 1. The monoisotopic (exact) mass is 178 g/mol. The average molecular weight is 178 g/mol. The number of hydrogen-bond donors (Lipinski definition) is 2. The van der Waals surface area contributed by atoms with Crippen LogP contribution in [-0.4, -0.2) is 19.1 Å². The molecule has 0 radical (unpaired) electrons. The molecule has 2 rings (SSSR count). The first-order valence-electron chi connectivity index (χ1n) is 4.08. The number of nitrogens with one attached hydrogen (secondary N) is 1. The van der Waals surface area contributed by atoms with Crippen molar-refractivity contribution in [1.29, 1.82) is 0 Å². The van der Waals surface area contributed by atoms with E-state index in [4.69, 9.17) is 10.5 Å². The molecule has 0 unspecified atom stereocenters. The highest BCUT2D eigenvalue weighted by atomic mass is 16.5. The maximum Gasteiger partial charge on any atom is 0.248 e. The van der Waals surface area contributed by atoms with Crippen LogP contribution < -0.4 is 15.8 Å². The quantitative estimate of drug-likeness (QED) is 0.661. The first kappa shape index (κ1) is 7.91. The van der Waals surface area contributed by atoms with Crippen LogP contribution in [0.1, 0.15) is 10.4 Å². The lowest BCUT2D eigenvalue weighted by atomic mass is 10.1. The second-order valence-electron chi connectivity index (χ2n) is 2.85. The molecule has 0 aliphatic carbocycles. The van der Waals surface area contributed by atoms with Crippen LogP contribution in [0.2, 0.25) is 0 Å². The predicted molar refractivity (Wildman–Crippen MR) is 48.9 cm³/mol. The fraction of sp³-hybridized carbons (Fsp3) is 0.222. The molecule has 13 heavy (non-hydrogen) atoms. The number of fused-ring (bicyclic) bond motifs is 1. The number of rotatable bonds is 1. The van der Waals surface area contributed by atoms with Gasteiger partial charge in [-0.25, -0.2) is 0 Å². The van der Waals surface area contributed by atoms with Gasteiger partial charge >= 0.3 is 0 Å². The molecule has 1 amide bonds. The van der Waals surface area contributed by atoms with E-state index in [1.165, 1.54) is 0 Å². The van der Waals surface area contributed by atoms with Gasteiger partial charge in [0.1, 0.15) is 12.4 Å². The summed E-state index contributed by atoms with van der Waals surface area (Å²) in [5, 5.41) is 3.13. The van der Waals surface area contributed by atoms with Crippen LogP contribution in [0.15, 0.2) is 18.2 Å². The summed E-state index contributed by atoms with van der Waals surface area (Å²) in [5.41, 5.74) is 6.47. The van der Waals surface area contributed by atoms with E-state index in [9.17, 15) is 4.79 Å². The highest BCUT2D eigenvalue weighted by Crippen LogP contribution is 2.27. The van der Waals surface area contributed by atoms with Gasteiger partial charge in [0, 0.05) is 12.1 Å². The summed E-state index contributed by atoms with van der Waals surface area (Å²) < 4.78 is 5.34. The number of carbonyl (C=O) groups excluding carboxylic acids is 1. The number of carbonyl (C=O) groups is 1. The topological polar surface area (TPSA) is 64.4 Å². The molecule has 1 aliphatic rings. The molecule has 0 spiro atoms. The van der Waals surface area contributed by atoms with Gasteiger partial charge in [-0.05, 0) is 18.2 Å². The van der Waals surface area contributed by atoms with Crippen molar-refractivity contribution in [3.8, 4) is 5.75 Å². The van der Waals surface area contributed by atoms with E-state index >= 15 is 0 Å². The van der Waals surface area contributed by atoms with Crippen LogP contribution >= 0.6 is 0 Å². The summed E-state index contributed by atoms with van der Waals surface area (Å²) in [4.78, 5) is 10.8. The van der Waals surface area contributed by atoms with Gasteiger partial charge in [0.2, 0.25) is 5.91 Å². The van der Waals surface area contributed by atoms with Crippen LogP contribution in [0.5, 0.6) is 5.75 Å². The fourth-order valence-corrected chi connectivity index (χ4v) is 1.29. The lowest BCUT2D eigenvalue weighted by molar-refractivity contribution is 0.100. The Kier molecular flexibility index (Phi) is 1.81. The Morgan fingerprint density at radius 2 is 2.38 bits per heavy atom. The van der Waals surface area contributed by atoms with Crippen molar-refractivity contribution in [3.63, 3.8) is 0 Å². The zero-order chi connectivity index (χ0) is 9.26. The molecule has 0 aromatic heterocycles. The lowest BCUT2D eigenvalue weighted by Gasteiger charge is -2.19. The zero-order valence-electron chi connectivity index (χ0n) is 7.04. The van der Waals surface area contributed by atoms with Crippen LogP contribution in [0.3, 0.4) is 0 Å². The Morgan fingerprint density at radius 3 is 3.15 bits per heavy atom. The molecule has 1 aromatic carbocycles. The van der Waals surface area contributed by atoms with Gasteiger partial charge in [-0.3, -0.25) is 4.79 Å². The molecule has 1 heterocycles. The van der Waals surface area contributed by atoms with Gasteiger partial charge in [-0.15, -0.1) is 0 Å². The first-order valence-corrected chi connectivity index (χ1v) is 4.08. The average Bonchev–Trinajstić information content (AvgIpc) is 2.17. The van der Waals surface area contributed by atoms with E-state index in [1.54, 1.807) is 18.2 Å². The molecule has 1 aromatic rings. The molecule has 0 saturated heterocycles. The van der Waals surface area contributed by atoms with Crippen molar-refractivity contribution >= 4 is 11.6 Å². The van der Waals surface area contributed by atoms with Crippen molar-refractivity contribution in [2.45, 2.75) is 0 Å². The minimum Gasteiger partial charge on any atom is -0.490 e. The predicted octanol–water partition coefficient (Wildman–Crippen LogP) is 0.590. The third kappa shape index (κ3) is 1.42. The van der Waals surface area contributed by atoms with Crippen molar-refractivity contribution in [2.75, 3.05) is 18.5 Å². The Labute approximate surface area is 75.7 Å². The summed E-state index contributed by atoms with van der Waals surface area (Å²) in [5.74, 6) is 0.353. The normalized spacial score (nSPS) is 13.8. The highest BCUT2D eigenvalue weighted by Gasteiger charge is 2.11. The molecule has 0 saturated carbocycles. The first-order chi connectivity index (χ1) is 6.27. The maximum absolute atomic E-state index is 10.8. The number of amides is 1. The smallest absolute Gasteiger partial charge is 0.248 e. The SMILES string of the molecule is NC(=O)c1ccc2c(c1)NCCO2. The van der Waals surface area contributed by atoms with Crippen molar-refractivity contribution in [2.24, 2.45) is 5.73 Å². The van der Waals surface area contributed by atoms with Gasteiger partial charge in [0.15, 0.2) is 0 Å². The molecular formula is C9H10N2O2. The largest absolute Gasteiger partial charge is 0.490 e.